The first-order valence-corrected chi connectivity index (χ1v) is 13.7. The Kier molecular flexibility index (Phi) is 9.16. The van der Waals surface area contributed by atoms with Crippen LogP contribution in [-0.4, -0.2) is 44.8 Å². The maximum atomic E-state index is 13.7. The summed E-state index contributed by atoms with van der Waals surface area (Å²) in [6.07, 6.45) is 0. The van der Waals surface area contributed by atoms with Gasteiger partial charge in [-0.25, -0.2) is 8.42 Å². The Morgan fingerprint density at radius 1 is 1.03 bits per heavy atom. The van der Waals surface area contributed by atoms with Crippen LogP contribution < -0.4 is 9.62 Å². The van der Waals surface area contributed by atoms with Crippen LogP contribution in [0.3, 0.4) is 0 Å². The van der Waals surface area contributed by atoms with Gasteiger partial charge in [-0.1, -0.05) is 51.8 Å². The van der Waals surface area contributed by atoms with Crippen molar-refractivity contribution >= 4 is 55.1 Å². The molecule has 0 heterocycles. The van der Waals surface area contributed by atoms with E-state index < -0.39 is 28.5 Å². The number of benzene rings is 3. The Balaban J connectivity index is 2.02. The van der Waals surface area contributed by atoms with Crippen LogP contribution >= 0.6 is 27.5 Å². The summed E-state index contributed by atoms with van der Waals surface area (Å²) in [7, 11) is -2.63. The summed E-state index contributed by atoms with van der Waals surface area (Å²) in [6, 6.07) is 19.2. The predicted molar refractivity (Wildman–Crippen MR) is 145 cm³/mol. The molecule has 3 aromatic carbocycles. The van der Waals surface area contributed by atoms with Gasteiger partial charge in [0.1, 0.15) is 12.6 Å². The zero-order chi connectivity index (χ0) is 26.5. The quantitative estimate of drug-likeness (QED) is 0.388. The number of aryl methyl sites for hydroxylation is 1. The summed E-state index contributed by atoms with van der Waals surface area (Å²) in [5.74, 6) is -0.879. The molecule has 3 aromatic rings. The fourth-order valence-electron chi connectivity index (χ4n) is 3.62. The van der Waals surface area contributed by atoms with E-state index in [1.165, 1.54) is 36.2 Å². The molecule has 10 heteroatoms. The van der Waals surface area contributed by atoms with E-state index in [-0.39, 0.29) is 17.3 Å². The highest BCUT2D eigenvalue weighted by Gasteiger charge is 2.32. The molecule has 0 spiro atoms. The fraction of sp³-hybridized carbons (Fsp3) is 0.231. The largest absolute Gasteiger partial charge is 0.357 e. The number of nitrogens with zero attached hydrogens (tertiary/aromatic N) is 2. The highest BCUT2D eigenvalue weighted by molar-refractivity contribution is 9.10. The van der Waals surface area contributed by atoms with Gasteiger partial charge in [0.15, 0.2) is 0 Å². The number of carbonyl (C=O) groups is 2. The van der Waals surface area contributed by atoms with Gasteiger partial charge in [-0.3, -0.25) is 13.9 Å². The van der Waals surface area contributed by atoms with Crippen molar-refractivity contribution in [2.75, 3.05) is 17.9 Å². The van der Waals surface area contributed by atoms with Crippen molar-refractivity contribution in [1.29, 1.82) is 0 Å². The van der Waals surface area contributed by atoms with Crippen molar-refractivity contribution in [2.45, 2.75) is 31.3 Å². The molecule has 0 aliphatic heterocycles. The lowest BCUT2D eigenvalue weighted by atomic mass is 10.1. The number of rotatable bonds is 9. The topological polar surface area (TPSA) is 86.8 Å². The number of amides is 2. The monoisotopic (exact) mass is 591 g/mol. The molecule has 3 rings (SSSR count). The number of halogens is 2. The Bertz CT molecular complexity index is 1330. The zero-order valence-electron chi connectivity index (χ0n) is 20.1. The van der Waals surface area contributed by atoms with Gasteiger partial charge in [0.05, 0.1) is 10.6 Å². The summed E-state index contributed by atoms with van der Waals surface area (Å²) in [4.78, 5) is 27.6. The van der Waals surface area contributed by atoms with Gasteiger partial charge in [0, 0.05) is 23.1 Å². The van der Waals surface area contributed by atoms with Gasteiger partial charge < -0.3 is 10.2 Å². The van der Waals surface area contributed by atoms with E-state index in [4.69, 9.17) is 11.6 Å². The first-order chi connectivity index (χ1) is 17.0. The molecular formula is C26H27BrClN3O4S. The summed E-state index contributed by atoms with van der Waals surface area (Å²) in [5, 5.41) is 2.96. The van der Waals surface area contributed by atoms with E-state index in [9.17, 15) is 18.0 Å². The van der Waals surface area contributed by atoms with Crippen LogP contribution in [0.25, 0.3) is 0 Å². The normalized spacial score (nSPS) is 12.0. The standard InChI is InChI=1S/C26H27BrClN3O4S/c1-18-5-4-6-23(15-18)31(36(34,35)24-13-11-22(28)12-14-24)17-25(32)30(19(2)26(33)29-3)16-20-7-9-21(27)10-8-20/h4-15,19H,16-17H2,1-3H3,(H,29,33). The van der Waals surface area contributed by atoms with Crippen molar-refractivity contribution in [2.24, 2.45) is 0 Å². The number of anilines is 1. The molecule has 190 valence electrons. The van der Waals surface area contributed by atoms with E-state index in [2.05, 4.69) is 21.2 Å². The van der Waals surface area contributed by atoms with E-state index in [0.717, 1.165) is 19.9 Å². The Morgan fingerprint density at radius 3 is 2.25 bits per heavy atom. The van der Waals surface area contributed by atoms with Crippen molar-refractivity contribution in [3.63, 3.8) is 0 Å². The van der Waals surface area contributed by atoms with Crippen LogP contribution in [0.15, 0.2) is 82.2 Å². The first kappa shape index (κ1) is 27.7. The molecule has 0 bridgehead atoms. The number of hydrogen-bond donors (Lipinski definition) is 1. The van der Waals surface area contributed by atoms with Crippen LogP contribution in [0, 0.1) is 6.92 Å². The Morgan fingerprint density at radius 2 is 1.67 bits per heavy atom. The van der Waals surface area contributed by atoms with Crippen LogP contribution in [0.4, 0.5) is 5.69 Å². The lowest BCUT2D eigenvalue weighted by Gasteiger charge is -2.32. The predicted octanol–water partition coefficient (Wildman–Crippen LogP) is 4.77. The number of likely N-dealkylation sites (N-methyl/N-ethyl adjacent to an activating group) is 1. The minimum absolute atomic E-state index is 0.0000143. The van der Waals surface area contributed by atoms with Gasteiger partial charge in [-0.2, -0.15) is 0 Å². The van der Waals surface area contributed by atoms with Crippen LogP contribution in [0.2, 0.25) is 5.02 Å². The smallest absolute Gasteiger partial charge is 0.264 e. The number of hydrogen-bond acceptors (Lipinski definition) is 4. The lowest BCUT2D eigenvalue weighted by Crippen LogP contribution is -2.50. The molecule has 36 heavy (non-hydrogen) atoms. The zero-order valence-corrected chi connectivity index (χ0v) is 23.3. The molecule has 0 aliphatic rings. The van der Waals surface area contributed by atoms with Gasteiger partial charge in [0.2, 0.25) is 11.8 Å². The second-order valence-electron chi connectivity index (χ2n) is 8.24. The maximum Gasteiger partial charge on any atom is 0.264 e. The van der Waals surface area contributed by atoms with Gasteiger partial charge in [-0.05, 0) is 73.5 Å². The van der Waals surface area contributed by atoms with Crippen molar-refractivity contribution in [3.8, 4) is 0 Å². The molecule has 0 saturated carbocycles. The van der Waals surface area contributed by atoms with E-state index in [1.54, 1.807) is 25.1 Å². The molecule has 0 aliphatic carbocycles. The SMILES string of the molecule is CNC(=O)C(C)N(Cc1ccc(Br)cc1)C(=O)CN(c1cccc(C)c1)S(=O)(=O)c1ccc(Cl)cc1. The van der Waals surface area contributed by atoms with Crippen LogP contribution in [-0.2, 0) is 26.2 Å². The fourth-order valence-corrected chi connectivity index (χ4v) is 5.42. The highest BCUT2D eigenvalue weighted by Crippen LogP contribution is 2.26. The Hall–Kier alpha value is -2.88. The molecule has 0 fully saturated rings. The average molecular weight is 593 g/mol. The third kappa shape index (κ3) is 6.66. The van der Waals surface area contributed by atoms with Crippen LogP contribution in [0.5, 0.6) is 0 Å². The van der Waals surface area contributed by atoms with Gasteiger partial charge in [0.25, 0.3) is 10.0 Å². The molecule has 7 nitrogen and oxygen atoms in total. The molecule has 0 saturated heterocycles. The van der Waals surface area contributed by atoms with Crippen molar-refractivity contribution in [1.82, 2.24) is 10.2 Å². The average Bonchev–Trinajstić information content (AvgIpc) is 2.86. The number of nitrogens with one attached hydrogen (secondary N) is 1. The third-order valence-corrected chi connectivity index (χ3v) is 8.22. The molecular weight excluding hydrogens is 566 g/mol. The second-order valence-corrected chi connectivity index (χ2v) is 11.5. The molecule has 1 atom stereocenters. The number of carbonyl (C=O) groups excluding carboxylic acids is 2. The van der Waals surface area contributed by atoms with E-state index >= 15 is 0 Å². The number of sulfonamides is 1. The Labute approximate surface area is 225 Å². The molecule has 2 amide bonds. The third-order valence-electron chi connectivity index (χ3n) is 5.65. The minimum Gasteiger partial charge on any atom is -0.357 e. The lowest BCUT2D eigenvalue weighted by molar-refractivity contribution is -0.139. The summed E-state index contributed by atoms with van der Waals surface area (Å²) in [6.45, 7) is 3.09. The second kappa shape index (κ2) is 11.9. The summed E-state index contributed by atoms with van der Waals surface area (Å²) < 4.78 is 29.3. The van der Waals surface area contributed by atoms with Crippen LogP contribution in [0.1, 0.15) is 18.1 Å². The molecule has 0 aromatic heterocycles. The maximum absolute atomic E-state index is 13.7. The van der Waals surface area contributed by atoms with Gasteiger partial charge >= 0.3 is 0 Å². The molecule has 1 N–H and O–H groups in total. The van der Waals surface area contributed by atoms with Crippen molar-refractivity contribution < 1.29 is 18.0 Å². The van der Waals surface area contributed by atoms with E-state index in [1.807, 2.05) is 37.3 Å². The minimum atomic E-state index is -4.13. The summed E-state index contributed by atoms with van der Waals surface area (Å²) >= 11 is 9.35. The highest BCUT2D eigenvalue weighted by atomic mass is 79.9. The van der Waals surface area contributed by atoms with Crippen molar-refractivity contribution in [3.05, 3.63) is 93.4 Å². The first-order valence-electron chi connectivity index (χ1n) is 11.1. The summed E-state index contributed by atoms with van der Waals surface area (Å²) in [5.41, 5.74) is 1.97. The van der Waals surface area contributed by atoms with E-state index in [0.29, 0.717) is 10.7 Å². The molecule has 0 radical (unpaired) electrons. The molecule has 1 unspecified atom stereocenters. The van der Waals surface area contributed by atoms with Gasteiger partial charge in [-0.15, -0.1) is 0 Å².